The highest BCUT2D eigenvalue weighted by molar-refractivity contribution is 5.43. The van der Waals surface area contributed by atoms with Gasteiger partial charge in [-0.2, -0.15) is 0 Å². The largest absolute Gasteiger partial charge is 0.493 e. The summed E-state index contributed by atoms with van der Waals surface area (Å²) in [5.74, 6) is 0.968. The number of rotatable bonds is 4. The van der Waals surface area contributed by atoms with Crippen molar-refractivity contribution in [1.29, 1.82) is 0 Å². The molecule has 0 saturated heterocycles. The summed E-state index contributed by atoms with van der Waals surface area (Å²) < 4.78 is 12.8. The number of hydrogen-bond donors (Lipinski definition) is 2. The van der Waals surface area contributed by atoms with Crippen molar-refractivity contribution in [2.45, 2.75) is 39.4 Å². The Bertz CT molecular complexity index is 1050. The van der Waals surface area contributed by atoms with Gasteiger partial charge in [0.05, 0.1) is 29.8 Å². The molecule has 1 aliphatic heterocycles. The van der Waals surface area contributed by atoms with E-state index in [1.54, 1.807) is 12.1 Å². The lowest BCUT2D eigenvalue weighted by atomic mass is 9.96. The van der Waals surface area contributed by atoms with Gasteiger partial charge in [-0.15, -0.1) is 0 Å². The summed E-state index contributed by atoms with van der Waals surface area (Å²) in [5.41, 5.74) is 2.47. The molecule has 3 heterocycles. The van der Waals surface area contributed by atoms with E-state index in [-0.39, 0.29) is 11.5 Å². The molecule has 27 heavy (non-hydrogen) atoms. The zero-order valence-electron chi connectivity index (χ0n) is 15.4. The number of pyridine rings is 1. The molecule has 0 amide bonds. The van der Waals surface area contributed by atoms with E-state index in [1.165, 1.54) is 10.8 Å². The fourth-order valence-corrected chi connectivity index (χ4v) is 3.29. The third kappa shape index (κ3) is 3.00. The molecule has 0 fully saturated rings. The van der Waals surface area contributed by atoms with Gasteiger partial charge in [0.1, 0.15) is 5.75 Å². The number of nitrogens with one attached hydrogen (secondary N) is 1. The fraction of sp³-hybridized carbons (Fsp3) is 0.300. The number of benzene rings is 1. The van der Waals surface area contributed by atoms with Gasteiger partial charge in [-0.1, -0.05) is 13.0 Å². The number of ether oxygens (including phenoxy) is 2. The Morgan fingerprint density at radius 3 is 2.81 bits per heavy atom. The maximum Gasteiger partial charge on any atom is 0.333 e. The zero-order chi connectivity index (χ0) is 19.2. The van der Waals surface area contributed by atoms with Crippen molar-refractivity contribution >= 4 is 0 Å². The predicted octanol–water partition coefficient (Wildman–Crippen LogP) is 3.39. The molecule has 0 unspecified atom stereocenters. The van der Waals surface area contributed by atoms with Crippen LogP contribution in [0.15, 0.2) is 41.3 Å². The highest BCUT2D eigenvalue weighted by Crippen LogP contribution is 2.38. The highest BCUT2D eigenvalue weighted by atomic mass is 16.5. The van der Waals surface area contributed by atoms with Crippen LogP contribution < -0.4 is 10.4 Å². The molecule has 0 atom stereocenters. The Balaban J connectivity index is 1.59. The van der Waals surface area contributed by atoms with Crippen LogP contribution in [0.3, 0.4) is 0 Å². The number of imidazole rings is 1. The van der Waals surface area contributed by atoms with E-state index in [9.17, 15) is 9.90 Å². The summed E-state index contributed by atoms with van der Waals surface area (Å²) in [5, 5.41) is 10.2. The molecule has 7 heteroatoms. The van der Waals surface area contributed by atoms with Crippen molar-refractivity contribution in [1.82, 2.24) is 14.5 Å². The standard InChI is InChI=1S/C20H21N3O4/c1-4-16-18(24)23(19(25)22-16)13-6-8-17(21-10-13)27-14-7-5-12-11-26-20(2,3)15(12)9-14/h5-10,24H,4,11H2,1-3H3,(H,22,25). The van der Waals surface area contributed by atoms with Gasteiger partial charge in [-0.05, 0) is 49.6 Å². The van der Waals surface area contributed by atoms with Gasteiger partial charge in [-0.25, -0.2) is 14.3 Å². The molecular formula is C20H21N3O4. The average molecular weight is 367 g/mol. The molecule has 7 nitrogen and oxygen atoms in total. The van der Waals surface area contributed by atoms with Crippen LogP contribution in [-0.4, -0.2) is 19.6 Å². The Morgan fingerprint density at radius 2 is 2.15 bits per heavy atom. The number of aryl methyl sites for hydroxylation is 1. The van der Waals surface area contributed by atoms with Crippen molar-refractivity contribution in [3.05, 3.63) is 63.8 Å². The van der Waals surface area contributed by atoms with Gasteiger partial charge < -0.3 is 19.6 Å². The van der Waals surface area contributed by atoms with E-state index in [0.717, 1.165) is 11.1 Å². The van der Waals surface area contributed by atoms with Crippen molar-refractivity contribution in [3.8, 4) is 23.2 Å². The van der Waals surface area contributed by atoms with Crippen LogP contribution in [0.4, 0.5) is 0 Å². The van der Waals surface area contributed by atoms with E-state index in [2.05, 4.69) is 9.97 Å². The first-order valence-corrected chi connectivity index (χ1v) is 8.83. The fourth-order valence-electron chi connectivity index (χ4n) is 3.29. The van der Waals surface area contributed by atoms with Gasteiger partial charge in [-0.3, -0.25) is 0 Å². The molecule has 0 radical (unpaired) electrons. The van der Waals surface area contributed by atoms with Crippen LogP contribution in [0.1, 0.15) is 37.6 Å². The van der Waals surface area contributed by atoms with Crippen LogP contribution >= 0.6 is 0 Å². The summed E-state index contributed by atoms with van der Waals surface area (Å²) in [6.07, 6.45) is 2.02. The van der Waals surface area contributed by atoms with E-state index in [0.29, 0.717) is 36.0 Å². The molecule has 140 valence electrons. The lowest BCUT2D eigenvalue weighted by Gasteiger charge is -2.18. The first kappa shape index (κ1) is 17.4. The Labute approximate surface area is 156 Å². The lowest BCUT2D eigenvalue weighted by molar-refractivity contribution is -0.00794. The van der Waals surface area contributed by atoms with Crippen molar-refractivity contribution < 1.29 is 14.6 Å². The predicted molar refractivity (Wildman–Crippen MR) is 99.6 cm³/mol. The maximum atomic E-state index is 12.0. The van der Waals surface area contributed by atoms with Crippen LogP contribution in [0.25, 0.3) is 5.69 Å². The third-order valence-electron chi connectivity index (χ3n) is 4.82. The zero-order valence-corrected chi connectivity index (χ0v) is 15.4. The van der Waals surface area contributed by atoms with Crippen molar-refractivity contribution in [2.24, 2.45) is 0 Å². The second-order valence-corrected chi connectivity index (χ2v) is 7.00. The van der Waals surface area contributed by atoms with E-state index in [4.69, 9.17) is 9.47 Å². The molecular weight excluding hydrogens is 346 g/mol. The third-order valence-corrected chi connectivity index (χ3v) is 4.82. The number of nitrogens with zero attached hydrogens (tertiary/aromatic N) is 2. The quantitative estimate of drug-likeness (QED) is 0.738. The molecule has 0 bridgehead atoms. The normalized spacial score (nSPS) is 14.9. The first-order valence-electron chi connectivity index (χ1n) is 8.83. The summed E-state index contributed by atoms with van der Waals surface area (Å²) in [6.45, 7) is 6.51. The van der Waals surface area contributed by atoms with Gasteiger partial charge in [0, 0.05) is 6.07 Å². The summed E-state index contributed by atoms with van der Waals surface area (Å²) >= 11 is 0. The van der Waals surface area contributed by atoms with Gasteiger partial charge in [0.2, 0.25) is 11.8 Å². The van der Waals surface area contributed by atoms with Gasteiger partial charge in [0.25, 0.3) is 0 Å². The van der Waals surface area contributed by atoms with Crippen molar-refractivity contribution in [2.75, 3.05) is 0 Å². The van der Waals surface area contributed by atoms with Crippen molar-refractivity contribution in [3.63, 3.8) is 0 Å². The molecule has 4 rings (SSSR count). The number of H-pyrrole nitrogens is 1. The molecule has 0 spiro atoms. The second kappa shape index (κ2) is 6.28. The van der Waals surface area contributed by atoms with Gasteiger partial charge in [0.15, 0.2) is 0 Å². The van der Waals surface area contributed by atoms with Gasteiger partial charge >= 0.3 is 5.69 Å². The monoisotopic (exact) mass is 367 g/mol. The topological polar surface area (TPSA) is 89.4 Å². The molecule has 0 saturated carbocycles. The molecule has 1 aromatic carbocycles. The number of fused-ring (bicyclic) bond motifs is 1. The molecule has 0 aliphatic carbocycles. The summed E-state index contributed by atoms with van der Waals surface area (Å²) in [4.78, 5) is 18.9. The number of aromatic hydroxyl groups is 1. The van der Waals surface area contributed by atoms with Crippen LogP contribution in [0.5, 0.6) is 17.5 Å². The average Bonchev–Trinajstić information content (AvgIpc) is 3.11. The number of aromatic nitrogens is 3. The lowest BCUT2D eigenvalue weighted by Crippen LogP contribution is -2.14. The molecule has 2 aromatic heterocycles. The Hall–Kier alpha value is -3.06. The Morgan fingerprint density at radius 1 is 1.33 bits per heavy atom. The van der Waals surface area contributed by atoms with E-state index >= 15 is 0 Å². The SMILES string of the molecule is CCc1[nH]c(=O)n(-c2ccc(Oc3ccc4c(c3)C(C)(C)OC4)nc2)c1O. The summed E-state index contributed by atoms with van der Waals surface area (Å²) in [7, 11) is 0. The Kier molecular flexibility index (Phi) is 4.04. The number of hydrogen-bond acceptors (Lipinski definition) is 5. The van der Waals surface area contributed by atoms with Crippen LogP contribution in [0, 0.1) is 0 Å². The minimum absolute atomic E-state index is 0.0983. The molecule has 3 aromatic rings. The van der Waals surface area contributed by atoms with Crippen LogP contribution in [0.2, 0.25) is 0 Å². The smallest absolute Gasteiger partial charge is 0.333 e. The minimum Gasteiger partial charge on any atom is -0.493 e. The summed E-state index contributed by atoms with van der Waals surface area (Å²) in [6, 6.07) is 9.19. The second-order valence-electron chi connectivity index (χ2n) is 7.00. The van der Waals surface area contributed by atoms with E-state index in [1.807, 2.05) is 39.0 Å². The van der Waals surface area contributed by atoms with E-state index < -0.39 is 5.69 Å². The van der Waals surface area contributed by atoms with Crippen LogP contribution in [-0.2, 0) is 23.4 Å². The minimum atomic E-state index is -0.402. The first-order chi connectivity index (χ1) is 12.9. The molecule has 1 aliphatic rings. The number of aromatic amines is 1. The maximum absolute atomic E-state index is 12.0. The molecule has 2 N–H and O–H groups in total. The highest BCUT2D eigenvalue weighted by Gasteiger charge is 2.31.